The lowest BCUT2D eigenvalue weighted by molar-refractivity contribution is -0.192. The van der Waals surface area contributed by atoms with Crippen molar-refractivity contribution < 1.29 is 64.9 Å². The molecule has 6 N–H and O–H groups in total. The molecule has 0 aliphatic carbocycles. The number of amidine groups is 1. The molecule has 0 unspecified atom stereocenters. The van der Waals surface area contributed by atoms with E-state index >= 15 is 0 Å². The van der Waals surface area contributed by atoms with E-state index in [9.17, 15) is 40.8 Å². The molecule has 20 heteroatoms. The summed E-state index contributed by atoms with van der Waals surface area (Å²) in [6, 6.07) is 9.02. The molecule has 52 heavy (non-hydrogen) atoms. The quantitative estimate of drug-likeness (QED) is 0.0806. The third-order valence-corrected chi connectivity index (χ3v) is 8.81. The monoisotopic (exact) mass is 757 g/mol. The zero-order chi connectivity index (χ0) is 39.2. The lowest BCUT2D eigenvalue weighted by Crippen LogP contribution is -2.41. The second kappa shape index (κ2) is 19.2. The number of benzene rings is 2. The molecule has 16 nitrogen and oxygen atoms in total. The second-order valence-electron chi connectivity index (χ2n) is 10.8. The number of hydrogen-bond donors (Lipinski definition) is 5. The van der Waals surface area contributed by atoms with Gasteiger partial charge in [0.2, 0.25) is 15.9 Å². The zero-order valence-electron chi connectivity index (χ0n) is 28.2. The SMILES string of the molecule is CCOC(=O)C[C@H](COc1cc(C(=N)N)ccc1C=C(NC(C)=O)C(=O)OC)NC(=O)c1ccc(S(=O)(=O)N2CCCC2)cc1.O=C(O)C(F)(F)F. The van der Waals surface area contributed by atoms with Gasteiger partial charge in [-0.3, -0.25) is 19.8 Å². The molecule has 3 rings (SSSR count). The Hall–Kier alpha value is -5.50. The molecule has 0 radical (unpaired) electrons. The van der Waals surface area contributed by atoms with Gasteiger partial charge in [-0.2, -0.15) is 17.5 Å². The maximum absolute atomic E-state index is 13.2. The number of carbonyl (C=O) groups is 5. The molecular weight excluding hydrogens is 719 g/mol. The van der Waals surface area contributed by atoms with Crippen LogP contribution in [-0.4, -0.2) is 99.0 Å². The number of carboxylic acids is 1. The Morgan fingerprint density at radius 1 is 1.06 bits per heavy atom. The number of carboxylic acid groups (broad SMARTS) is 1. The zero-order valence-corrected chi connectivity index (χ0v) is 29.1. The van der Waals surface area contributed by atoms with Crippen LogP contribution in [0.1, 0.15) is 54.6 Å². The molecule has 1 atom stereocenters. The van der Waals surface area contributed by atoms with Crippen LogP contribution in [0, 0.1) is 5.41 Å². The van der Waals surface area contributed by atoms with Gasteiger partial charge in [0.25, 0.3) is 5.91 Å². The van der Waals surface area contributed by atoms with E-state index in [1.807, 2.05) is 0 Å². The number of halogens is 3. The number of nitrogen functional groups attached to an aromatic ring is 1. The number of methoxy groups -OCH3 is 1. The first-order chi connectivity index (χ1) is 24.3. The Bertz CT molecular complexity index is 1780. The maximum Gasteiger partial charge on any atom is 0.490 e. The highest BCUT2D eigenvalue weighted by atomic mass is 32.2. The molecule has 0 spiro atoms. The van der Waals surface area contributed by atoms with Gasteiger partial charge in [-0.1, -0.05) is 12.1 Å². The Labute approximate surface area is 296 Å². The Morgan fingerprint density at radius 3 is 2.13 bits per heavy atom. The van der Waals surface area contributed by atoms with Crippen LogP contribution < -0.4 is 21.1 Å². The van der Waals surface area contributed by atoms with Crippen LogP contribution in [-0.2, 0) is 38.7 Å². The number of nitrogens with zero attached hydrogens (tertiary/aromatic N) is 1. The van der Waals surface area contributed by atoms with Crippen molar-refractivity contribution in [2.45, 2.75) is 50.2 Å². The van der Waals surface area contributed by atoms with Gasteiger partial charge in [0.15, 0.2) is 0 Å². The van der Waals surface area contributed by atoms with E-state index in [1.54, 1.807) is 6.92 Å². The van der Waals surface area contributed by atoms with Crippen molar-refractivity contribution in [1.82, 2.24) is 14.9 Å². The first-order valence-corrected chi connectivity index (χ1v) is 16.8. The average Bonchev–Trinajstić information content (AvgIpc) is 3.63. The van der Waals surface area contributed by atoms with Gasteiger partial charge in [0.05, 0.1) is 31.1 Å². The number of nitrogens with one attached hydrogen (secondary N) is 3. The summed E-state index contributed by atoms with van der Waals surface area (Å²) in [7, 11) is -2.51. The van der Waals surface area contributed by atoms with Crippen molar-refractivity contribution >= 4 is 51.7 Å². The van der Waals surface area contributed by atoms with Gasteiger partial charge in [-0.25, -0.2) is 18.0 Å². The van der Waals surface area contributed by atoms with Crippen LogP contribution in [0.15, 0.2) is 53.1 Å². The summed E-state index contributed by atoms with van der Waals surface area (Å²) in [5, 5.41) is 20.0. The van der Waals surface area contributed by atoms with Crippen molar-refractivity contribution in [2.24, 2.45) is 5.73 Å². The van der Waals surface area contributed by atoms with Crippen molar-refractivity contribution in [1.29, 1.82) is 5.41 Å². The molecule has 2 aromatic rings. The molecular formula is C32H38F3N5O11S. The molecule has 1 aliphatic rings. The third-order valence-electron chi connectivity index (χ3n) is 6.90. The van der Waals surface area contributed by atoms with Crippen LogP contribution >= 0.6 is 0 Å². The van der Waals surface area contributed by atoms with E-state index < -0.39 is 52.0 Å². The summed E-state index contributed by atoms with van der Waals surface area (Å²) in [5.74, 6) is -5.44. The van der Waals surface area contributed by atoms with Crippen LogP contribution in [0.5, 0.6) is 5.75 Å². The summed E-state index contributed by atoms with van der Waals surface area (Å²) in [5.41, 5.74) is 6.21. The summed E-state index contributed by atoms with van der Waals surface area (Å²) < 4.78 is 74.6. The molecule has 284 valence electrons. The van der Waals surface area contributed by atoms with Crippen molar-refractivity contribution in [3.05, 3.63) is 64.9 Å². The van der Waals surface area contributed by atoms with Gasteiger partial charge < -0.3 is 35.7 Å². The number of hydrogen-bond acceptors (Lipinski definition) is 11. The van der Waals surface area contributed by atoms with Crippen LogP contribution in [0.3, 0.4) is 0 Å². The number of carbonyl (C=O) groups excluding carboxylic acids is 4. The fourth-order valence-corrected chi connectivity index (χ4v) is 5.95. The predicted octanol–water partition coefficient (Wildman–Crippen LogP) is 2.17. The summed E-state index contributed by atoms with van der Waals surface area (Å²) >= 11 is 0. The van der Waals surface area contributed by atoms with Crippen molar-refractivity contribution in [3.8, 4) is 5.75 Å². The topological polar surface area (TPSA) is 245 Å². The minimum atomic E-state index is -5.08. The number of amides is 2. The minimum absolute atomic E-state index is 0.0730. The fourth-order valence-electron chi connectivity index (χ4n) is 4.43. The van der Waals surface area contributed by atoms with E-state index in [0.717, 1.165) is 20.0 Å². The van der Waals surface area contributed by atoms with Gasteiger partial charge >= 0.3 is 24.1 Å². The van der Waals surface area contributed by atoms with Crippen molar-refractivity contribution in [2.75, 3.05) is 33.4 Å². The Balaban J connectivity index is 0.00000121. The highest BCUT2D eigenvalue weighted by molar-refractivity contribution is 7.89. The third kappa shape index (κ3) is 13.0. The van der Waals surface area contributed by atoms with Gasteiger partial charge in [0.1, 0.15) is 23.9 Å². The largest absolute Gasteiger partial charge is 0.491 e. The molecule has 2 aromatic carbocycles. The van der Waals surface area contributed by atoms with Gasteiger partial charge in [-0.05, 0) is 56.2 Å². The van der Waals surface area contributed by atoms with E-state index in [1.165, 1.54) is 59.8 Å². The van der Waals surface area contributed by atoms with Crippen LogP contribution in [0.4, 0.5) is 13.2 Å². The molecule has 1 saturated heterocycles. The number of sulfonamides is 1. The lowest BCUT2D eigenvalue weighted by atomic mass is 10.1. The molecule has 0 saturated carbocycles. The number of alkyl halides is 3. The summed E-state index contributed by atoms with van der Waals surface area (Å²) in [6.07, 6.45) is -2.45. The van der Waals surface area contributed by atoms with Gasteiger partial charge in [-0.15, -0.1) is 0 Å². The number of ether oxygens (including phenoxy) is 3. The molecule has 1 heterocycles. The standard InChI is InChI=1S/C30H37N5O9S.C2HF3O2/c1-4-43-27(37)17-23(34-29(38)20-9-11-24(12-10-20)45(40,41)35-13-5-6-14-35)18-44-26-16-22(28(31)32)8-7-21(26)15-25(30(39)42-3)33-19(2)36;3-2(4,5)1(6)7/h7-12,15-16,23H,4-6,13-14,17-18H2,1-3H3,(H3,31,32)(H,33,36)(H,34,38);(H,6,7)/t23-;/m1./s1. The molecule has 0 aromatic heterocycles. The van der Waals surface area contributed by atoms with Gasteiger partial charge in [0, 0.05) is 36.7 Å². The second-order valence-corrected chi connectivity index (χ2v) is 12.8. The minimum Gasteiger partial charge on any atom is -0.491 e. The van der Waals surface area contributed by atoms with E-state index in [4.69, 9.17) is 35.3 Å². The maximum atomic E-state index is 13.2. The number of aliphatic carboxylic acids is 1. The smallest absolute Gasteiger partial charge is 0.490 e. The molecule has 1 aliphatic heterocycles. The first kappa shape index (κ1) is 42.7. The Morgan fingerprint density at radius 2 is 1.63 bits per heavy atom. The van der Waals surface area contributed by atoms with E-state index in [-0.39, 0.29) is 52.9 Å². The average molecular weight is 758 g/mol. The van der Waals surface area contributed by atoms with Crippen LogP contribution in [0.25, 0.3) is 6.08 Å². The highest BCUT2D eigenvalue weighted by Crippen LogP contribution is 2.25. The summed E-state index contributed by atoms with van der Waals surface area (Å²) in [4.78, 5) is 58.4. The number of nitrogens with two attached hydrogens (primary N) is 1. The molecule has 2 amide bonds. The fraction of sp³-hybridized carbons (Fsp3) is 0.375. The normalized spacial score (nSPS) is 13.8. The predicted molar refractivity (Wildman–Crippen MR) is 177 cm³/mol. The highest BCUT2D eigenvalue weighted by Gasteiger charge is 2.38. The summed E-state index contributed by atoms with van der Waals surface area (Å²) in [6.45, 7) is 3.61. The first-order valence-electron chi connectivity index (χ1n) is 15.4. The van der Waals surface area contributed by atoms with E-state index in [0.29, 0.717) is 18.7 Å². The molecule has 1 fully saturated rings. The number of rotatable bonds is 14. The lowest BCUT2D eigenvalue weighted by Gasteiger charge is -2.20. The van der Waals surface area contributed by atoms with E-state index in [2.05, 4.69) is 10.6 Å². The number of esters is 2. The van der Waals surface area contributed by atoms with Crippen molar-refractivity contribution in [3.63, 3.8) is 0 Å². The van der Waals surface area contributed by atoms with Crippen LogP contribution in [0.2, 0.25) is 0 Å². The molecule has 0 bridgehead atoms. The Kier molecular flexibility index (Phi) is 15.8.